The highest BCUT2D eigenvalue weighted by atomic mass is 16.5. The summed E-state index contributed by atoms with van der Waals surface area (Å²) in [5.74, 6) is 0.616. The summed E-state index contributed by atoms with van der Waals surface area (Å²) in [6, 6.07) is 13.6. The molecule has 1 N–H and O–H groups in total. The summed E-state index contributed by atoms with van der Waals surface area (Å²) in [5, 5.41) is 2.94. The summed E-state index contributed by atoms with van der Waals surface area (Å²) in [4.78, 5) is 12.4. The van der Waals surface area contributed by atoms with Crippen molar-refractivity contribution in [2.24, 2.45) is 0 Å². The topological polar surface area (TPSA) is 38.3 Å². The summed E-state index contributed by atoms with van der Waals surface area (Å²) in [5.41, 5.74) is 4.24. The summed E-state index contributed by atoms with van der Waals surface area (Å²) in [6.07, 6.45) is 0.117. The average molecular weight is 297 g/mol. The molecule has 3 nitrogen and oxygen atoms in total. The molecular formula is C19H23NO2. The van der Waals surface area contributed by atoms with E-state index in [4.69, 9.17) is 4.74 Å². The molecule has 116 valence electrons. The summed E-state index contributed by atoms with van der Waals surface area (Å²) in [7, 11) is 0. The van der Waals surface area contributed by atoms with Gasteiger partial charge in [-0.2, -0.15) is 0 Å². The quantitative estimate of drug-likeness (QED) is 0.888. The molecule has 3 heteroatoms. The molecule has 0 unspecified atom stereocenters. The van der Waals surface area contributed by atoms with Crippen molar-refractivity contribution in [3.8, 4) is 5.75 Å². The highest BCUT2D eigenvalue weighted by molar-refractivity contribution is 5.95. The molecule has 1 atom stereocenters. The molecule has 0 aliphatic heterocycles. The van der Waals surface area contributed by atoms with Crippen LogP contribution in [-0.2, 0) is 4.79 Å². The van der Waals surface area contributed by atoms with E-state index in [1.807, 2.05) is 63.2 Å². The van der Waals surface area contributed by atoms with Crippen LogP contribution in [0.5, 0.6) is 5.75 Å². The van der Waals surface area contributed by atoms with Gasteiger partial charge >= 0.3 is 0 Å². The molecule has 0 heterocycles. The third kappa shape index (κ3) is 3.88. The van der Waals surface area contributed by atoms with E-state index in [9.17, 15) is 4.79 Å². The largest absolute Gasteiger partial charge is 0.481 e. The minimum absolute atomic E-state index is 0.116. The number of carbonyl (C=O) groups excluding carboxylic acids is 1. The molecule has 22 heavy (non-hydrogen) atoms. The molecular weight excluding hydrogens is 274 g/mol. The minimum Gasteiger partial charge on any atom is -0.481 e. The first-order valence-corrected chi connectivity index (χ1v) is 7.61. The Labute approximate surface area is 132 Å². The highest BCUT2D eigenvalue weighted by Gasteiger charge is 2.19. The Hall–Kier alpha value is -2.29. The number of hydrogen-bond donors (Lipinski definition) is 1. The number of hydrogen-bond acceptors (Lipinski definition) is 2. The molecule has 0 aromatic heterocycles. The Morgan fingerprint density at radius 3 is 2.41 bits per heavy atom. The summed E-state index contributed by atoms with van der Waals surface area (Å²) in [6.45, 7) is 8.02. The molecule has 2 rings (SSSR count). The van der Waals surface area contributed by atoms with Crippen LogP contribution in [0.2, 0.25) is 0 Å². The van der Waals surface area contributed by atoms with Crippen molar-refractivity contribution in [3.05, 3.63) is 59.2 Å². The molecule has 0 aliphatic carbocycles. The van der Waals surface area contributed by atoms with Crippen molar-refractivity contribution in [3.63, 3.8) is 0 Å². The maximum Gasteiger partial charge on any atom is 0.265 e. The van der Waals surface area contributed by atoms with Crippen LogP contribution in [-0.4, -0.2) is 12.0 Å². The fourth-order valence-corrected chi connectivity index (χ4v) is 2.20. The van der Waals surface area contributed by atoms with Crippen LogP contribution >= 0.6 is 0 Å². The van der Waals surface area contributed by atoms with Crippen LogP contribution in [0, 0.1) is 20.8 Å². The Morgan fingerprint density at radius 1 is 1.05 bits per heavy atom. The number of ether oxygens (including phenoxy) is 1. The van der Waals surface area contributed by atoms with Gasteiger partial charge < -0.3 is 10.1 Å². The molecule has 2 aromatic carbocycles. The molecule has 0 bridgehead atoms. The number of amides is 1. The zero-order valence-corrected chi connectivity index (χ0v) is 13.6. The van der Waals surface area contributed by atoms with E-state index in [1.165, 1.54) is 5.56 Å². The number of anilines is 1. The Balaban J connectivity index is 2.09. The Bertz CT molecular complexity index is 664. The third-order valence-corrected chi connectivity index (χ3v) is 3.82. The van der Waals surface area contributed by atoms with Gasteiger partial charge in [0.1, 0.15) is 5.75 Å². The minimum atomic E-state index is -0.498. The van der Waals surface area contributed by atoms with E-state index in [-0.39, 0.29) is 5.91 Å². The number of para-hydroxylation sites is 1. The molecule has 1 amide bonds. The van der Waals surface area contributed by atoms with Gasteiger partial charge in [-0.1, -0.05) is 31.2 Å². The zero-order valence-electron chi connectivity index (χ0n) is 13.6. The van der Waals surface area contributed by atoms with E-state index in [0.717, 1.165) is 22.6 Å². The molecule has 0 saturated heterocycles. The number of rotatable bonds is 5. The second-order valence-corrected chi connectivity index (χ2v) is 5.56. The van der Waals surface area contributed by atoms with Gasteiger partial charge in [-0.15, -0.1) is 0 Å². The second kappa shape index (κ2) is 7.12. The molecule has 0 saturated carbocycles. The van der Waals surface area contributed by atoms with Crippen molar-refractivity contribution in [1.29, 1.82) is 0 Å². The SMILES string of the molecule is CC[C@H](Oc1ccc(C)c(C)c1)C(=O)Nc1ccccc1C. The van der Waals surface area contributed by atoms with Crippen LogP contribution < -0.4 is 10.1 Å². The fourth-order valence-electron chi connectivity index (χ4n) is 2.20. The van der Waals surface area contributed by atoms with Gasteiger partial charge in [0, 0.05) is 5.69 Å². The van der Waals surface area contributed by atoms with Crippen LogP contribution in [0.15, 0.2) is 42.5 Å². The van der Waals surface area contributed by atoms with Gasteiger partial charge in [0.05, 0.1) is 0 Å². The van der Waals surface area contributed by atoms with Gasteiger partial charge in [0.25, 0.3) is 5.91 Å². The smallest absolute Gasteiger partial charge is 0.265 e. The van der Waals surface area contributed by atoms with Crippen molar-refractivity contribution in [2.45, 2.75) is 40.2 Å². The predicted molar refractivity (Wildman–Crippen MR) is 90.4 cm³/mol. The van der Waals surface area contributed by atoms with E-state index >= 15 is 0 Å². The molecule has 0 radical (unpaired) electrons. The standard InChI is InChI=1S/C19H23NO2/c1-5-18(22-16-11-10-13(2)15(4)12-16)19(21)20-17-9-7-6-8-14(17)3/h6-12,18H,5H2,1-4H3,(H,20,21)/t18-/m0/s1. The van der Waals surface area contributed by atoms with Crippen LogP contribution in [0.4, 0.5) is 5.69 Å². The van der Waals surface area contributed by atoms with Gasteiger partial charge in [0.15, 0.2) is 6.10 Å². The molecule has 0 aliphatic rings. The summed E-state index contributed by atoms with van der Waals surface area (Å²) >= 11 is 0. The molecule has 2 aromatic rings. The monoisotopic (exact) mass is 297 g/mol. The van der Waals surface area contributed by atoms with Crippen molar-refractivity contribution >= 4 is 11.6 Å². The number of aryl methyl sites for hydroxylation is 3. The van der Waals surface area contributed by atoms with Gasteiger partial charge in [-0.25, -0.2) is 0 Å². The van der Waals surface area contributed by atoms with E-state index < -0.39 is 6.10 Å². The first-order chi connectivity index (χ1) is 10.5. The lowest BCUT2D eigenvalue weighted by atomic mass is 10.1. The maximum absolute atomic E-state index is 12.4. The van der Waals surface area contributed by atoms with Crippen LogP contribution in [0.25, 0.3) is 0 Å². The Kier molecular flexibility index (Phi) is 5.21. The normalized spacial score (nSPS) is 11.8. The first-order valence-electron chi connectivity index (χ1n) is 7.61. The lowest BCUT2D eigenvalue weighted by Gasteiger charge is -2.18. The number of benzene rings is 2. The lowest BCUT2D eigenvalue weighted by Crippen LogP contribution is -2.32. The molecule has 0 fully saturated rings. The van der Waals surface area contributed by atoms with Crippen LogP contribution in [0.3, 0.4) is 0 Å². The van der Waals surface area contributed by atoms with E-state index in [0.29, 0.717) is 6.42 Å². The second-order valence-electron chi connectivity index (χ2n) is 5.56. The first kappa shape index (κ1) is 16.1. The van der Waals surface area contributed by atoms with E-state index in [1.54, 1.807) is 0 Å². The fraction of sp³-hybridized carbons (Fsp3) is 0.316. The average Bonchev–Trinajstić information content (AvgIpc) is 2.50. The van der Waals surface area contributed by atoms with Crippen molar-refractivity contribution in [1.82, 2.24) is 0 Å². The number of carbonyl (C=O) groups is 1. The lowest BCUT2D eigenvalue weighted by molar-refractivity contribution is -0.122. The van der Waals surface area contributed by atoms with Gasteiger partial charge in [0.2, 0.25) is 0 Å². The van der Waals surface area contributed by atoms with Gasteiger partial charge in [-0.05, 0) is 62.1 Å². The van der Waals surface area contributed by atoms with Crippen LogP contribution in [0.1, 0.15) is 30.0 Å². The number of nitrogens with one attached hydrogen (secondary N) is 1. The van der Waals surface area contributed by atoms with Crippen molar-refractivity contribution < 1.29 is 9.53 Å². The van der Waals surface area contributed by atoms with E-state index in [2.05, 4.69) is 12.2 Å². The van der Waals surface area contributed by atoms with Crippen molar-refractivity contribution in [2.75, 3.05) is 5.32 Å². The summed E-state index contributed by atoms with van der Waals surface area (Å²) < 4.78 is 5.86. The maximum atomic E-state index is 12.4. The molecule has 0 spiro atoms. The third-order valence-electron chi connectivity index (χ3n) is 3.82. The highest BCUT2D eigenvalue weighted by Crippen LogP contribution is 2.20. The zero-order chi connectivity index (χ0) is 16.1. The van der Waals surface area contributed by atoms with Gasteiger partial charge in [-0.3, -0.25) is 4.79 Å². The predicted octanol–water partition coefficient (Wildman–Crippen LogP) is 4.41. The Morgan fingerprint density at radius 2 is 1.77 bits per heavy atom.